The summed E-state index contributed by atoms with van der Waals surface area (Å²) in [5.41, 5.74) is 0.362. The molecule has 11 nitrogen and oxygen atoms in total. The number of rotatable bonds is 4. The minimum Gasteiger partial charge on any atom is -0.486 e. The van der Waals surface area contributed by atoms with E-state index in [2.05, 4.69) is 20.6 Å². The fraction of sp³-hybridized carbons (Fsp3) is 0.294. The van der Waals surface area contributed by atoms with Crippen molar-refractivity contribution in [1.29, 1.82) is 0 Å². The van der Waals surface area contributed by atoms with E-state index in [0.717, 1.165) is 4.90 Å². The number of ether oxygens (including phenoxy) is 2. The standard InChI is InChI=1S/C17H14N6O5S/c24-12(19-17-18-3-6-29-17)8-22-14-13(20-21-22)15(25)23(16(14)26)9-1-2-10-11(7-9)28-5-4-27-10/h1-3,6-7,13-14H,4-5,8H2,(H,18,19,24)/t13-,14+/m1/s1. The minimum atomic E-state index is -0.983. The molecule has 0 unspecified atom stereocenters. The molecule has 1 N–H and O–H groups in total. The zero-order valence-corrected chi connectivity index (χ0v) is 15.7. The first kappa shape index (κ1) is 17.6. The van der Waals surface area contributed by atoms with E-state index in [1.807, 2.05) is 0 Å². The topological polar surface area (TPSA) is 126 Å². The SMILES string of the molecule is O=C(CN1N=N[C@H]2C(=O)N(c3ccc4c(c3)OCCO4)C(=O)[C@H]21)Nc1nccs1. The molecule has 1 aromatic heterocycles. The van der Waals surface area contributed by atoms with Gasteiger partial charge in [0.25, 0.3) is 11.8 Å². The summed E-state index contributed by atoms with van der Waals surface area (Å²) >= 11 is 1.27. The third kappa shape index (κ3) is 2.97. The lowest BCUT2D eigenvalue weighted by atomic mass is 10.1. The van der Waals surface area contributed by atoms with Crippen LogP contribution in [0.5, 0.6) is 11.5 Å². The number of carbonyl (C=O) groups excluding carboxylic acids is 3. The van der Waals surface area contributed by atoms with Gasteiger partial charge in [-0.3, -0.25) is 19.4 Å². The monoisotopic (exact) mass is 414 g/mol. The number of amides is 3. The molecule has 3 aliphatic heterocycles. The number of anilines is 2. The summed E-state index contributed by atoms with van der Waals surface area (Å²) in [6.07, 6.45) is 1.57. The van der Waals surface area contributed by atoms with Gasteiger partial charge in [0.15, 0.2) is 28.7 Å². The highest BCUT2D eigenvalue weighted by molar-refractivity contribution is 7.13. The highest BCUT2D eigenvalue weighted by atomic mass is 32.1. The van der Waals surface area contributed by atoms with E-state index in [0.29, 0.717) is 35.5 Å². The number of nitrogens with one attached hydrogen (secondary N) is 1. The Morgan fingerprint density at radius 1 is 1.21 bits per heavy atom. The molecule has 0 bridgehead atoms. The summed E-state index contributed by atoms with van der Waals surface area (Å²) in [5.74, 6) is -0.378. The summed E-state index contributed by atoms with van der Waals surface area (Å²) < 4.78 is 11.0. The molecule has 29 heavy (non-hydrogen) atoms. The van der Waals surface area contributed by atoms with Crippen LogP contribution >= 0.6 is 11.3 Å². The molecule has 1 fully saturated rings. The highest BCUT2D eigenvalue weighted by Crippen LogP contribution is 2.37. The van der Waals surface area contributed by atoms with Crippen LogP contribution in [-0.4, -0.2) is 59.6 Å². The number of aromatic nitrogens is 1. The quantitative estimate of drug-likeness (QED) is 0.735. The number of hydrogen-bond acceptors (Lipinski definition) is 10. The second-order valence-corrected chi connectivity index (χ2v) is 7.31. The molecule has 0 saturated carbocycles. The van der Waals surface area contributed by atoms with Crippen LogP contribution in [-0.2, 0) is 14.4 Å². The summed E-state index contributed by atoms with van der Waals surface area (Å²) in [4.78, 5) is 43.1. The molecule has 3 aliphatic rings. The molecular formula is C17H14N6O5S. The fourth-order valence-electron chi connectivity index (χ4n) is 3.37. The number of hydrogen-bond donors (Lipinski definition) is 1. The number of benzene rings is 1. The zero-order valence-electron chi connectivity index (χ0n) is 14.8. The van der Waals surface area contributed by atoms with Gasteiger partial charge in [0, 0.05) is 17.6 Å². The number of imide groups is 1. The second-order valence-electron chi connectivity index (χ2n) is 6.42. The van der Waals surface area contributed by atoms with E-state index < -0.39 is 29.8 Å². The molecule has 0 radical (unpaired) electrons. The van der Waals surface area contributed by atoms with Crippen LogP contribution in [0.2, 0.25) is 0 Å². The lowest BCUT2D eigenvalue weighted by molar-refractivity contribution is -0.123. The lowest BCUT2D eigenvalue weighted by Crippen LogP contribution is -2.43. The Bertz CT molecular complexity index is 1030. The largest absolute Gasteiger partial charge is 0.486 e. The van der Waals surface area contributed by atoms with Gasteiger partial charge in [0.05, 0.1) is 5.69 Å². The van der Waals surface area contributed by atoms with Crippen LogP contribution < -0.4 is 19.7 Å². The van der Waals surface area contributed by atoms with Gasteiger partial charge in [-0.25, -0.2) is 9.88 Å². The van der Waals surface area contributed by atoms with Crippen LogP contribution in [0.15, 0.2) is 40.1 Å². The Morgan fingerprint density at radius 3 is 2.83 bits per heavy atom. The zero-order chi connectivity index (χ0) is 20.0. The van der Waals surface area contributed by atoms with Gasteiger partial charge in [0.1, 0.15) is 19.8 Å². The predicted molar refractivity (Wildman–Crippen MR) is 99.8 cm³/mol. The van der Waals surface area contributed by atoms with Crippen LogP contribution in [0.25, 0.3) is 0 Å². The van der Waals surface area contributed by atoms with Crippen molar-refractivity contribution < 1.29 is 23.9 Å². The highest BCUT2D eigenvalue weighted by Gasteiger charge is 2.55. The van der Waals surface area contributed by atoms with E-state index in [1.54, 1.807) is 29.8 Å². The molecule has 2 atom stereocenters. The Morgan fingerprint density at radius 2 is 2.03 bits per heavy atom. The third-order valence-corrected chi connectivity index (χ3v) is 5.31. The van der Waals surface area contributed by atoms with Crippen LogP contribution in [0.3, 0.4) is 0 Å². The van der Waals surface area contributed by atoms with Crippen molar-refractivity contribution in [2.75, 3.05) is 30.0 Å². The smallest absolute Gasteiger partial charge is 0.263 e. The summed E-state index contributed by atoms with van der Waals surface area (Å²) in [7, 11) is 0. The van der Waals surface area contributed by atoms with Gasteiger partial charge in [-0.2, -0.15) is 5.11 Å². The molecule has 0 aliphatic carbocycles. The van der Waals surface area contributed by atoms with Gasteiger partial charge in [-0.1, -0.05) is 5.22 Å². The fourth-order valence-corrected chi connectivity index (χ4v) is 3.92. The van der Waals surface area contributed by atoms with E-state index in [4.69, 9.17) is 9.47 Å². The number of fused-ring (bicyclic) bond motifs is 2. The lowest BCUT2D eigenvalue weighted by Gasteiger charge is -2.22. The molecule has 3 amide bonds. The van der Waals surface area contributed by atoms with Gasteiger partial charge >= 0.3 is 0 Å². The molecule has 1 saturated heterocycles. The normalized spacial score (nSPS) is 22.2. The van der Waals surface area contributed by atoms with Gasteiger partial charge in [0.2, 0.25) is 5.91 Å². The second kappa shape index (κ2) is 6.81. The van der Waals surface area contributed by atoms with Crippen LogP contribution in [0.4, 0.5) is 10.8 Å². The molecule has 0 spiro atoms. The summed E-state index contributed by atoms with van der Waals surface area (Å²) in [6, 6.07) is 2.91. The van der Waals surface area contributed by atoms with Crippen molar-refractivity contribution in [1.82, 2.24) is 9.99 Å². The summed E-state index contributed by atoms with van der Waals surface area (Å²) in [5, 5.41) is 13.8. The maximum Gasteiger partial charge on any atom is 0.263 e. The van der Waals surface area contributed by atoms with Crippen molar-refractivity contribution in [3.05, 3.63) is 29.8 Å². The van der Waals surface area contributed by atoms with Crippen molar-refractivity contribution >= 4 is 39.9 Å². The predicted octanol–water partition coefficient (Wildman–Crippen LogP) is 0.846. The average Bonchev–Trinajstić information content (AvgIpc) is 3.42. The third-order valence-electron chi connectivity index (χ3n) is 4.63. The van der Waals surface area contributed by atoms with Crippen molar-refractivity contribution in [3.8, 4) is 11.5 Å². The maximum absolute atomic E-state index is 13.0. The van der Waals surface area contributed by atoms with Gasteiger partial charge in [-0.05, 0) is 12.1 Å². The molecular weight excluding hydrogens is 400 g/mol. The van der Waals surface area contributed by atoms with E-state index in [9.17, 15) is 14.4 Å². The number of nitrogens with zero attached hydrogens (tertiary/aromatic N) is 5. The van der Waals surface area contributed by atoms with Gasteiger partial charge < -0.3 is 14.8 Å². The first-order valence-electron chi connectivity index (χ1n) is 8.76. The summed E-state index contributed by atoms with van der Waals surface area (Å²) in [6.45, 7) is 0.606. The van der Waals surface area contributed by atoms with Gasteiger partial charge in [-0.15, -0.1) is 11.3 Å². The molecule has 12 heteroatoms. The Labute approximate surface area is 167 Å². The van der Waals surface area contributed by atoms with E-state index in [1.165, 1.54) is 16.3 Å². The Hall–Kier alpha value is -3.54. The van der Waals surface area contributed by atoms with Crippen molar-refractivity contribution in [3.63, 3.8) is 0 Å². The maximum atomic E-state index is 13.0. The Balaban J connectivity index is 1.35. The van der Waals surface area contributed by atoms with Crippen LogP contribution in [0, 0.1) is 0 Å². The number of carbonyl (C=O) groups is 3. The molecule has 4 heterocycles. The first-order valence-corrected chi connectivity index (χ1v) is 9.64. The minimum absolute atomic E-state index is 0.224. The first-order chi connectivity index (χ1) is 14.1. The van der Waals surface area contributed by atoms with E-state index in [-0.39, 0.29) is 6.54 Å². The number of thiazole rings is 1. The van der Waals surface area contributed by atoms with Crippen molar-refractivity contribution in [2.24, 2.45) is 10.3 Å². The molecule has 5 rings (SSSR count). The molecule has 148 valence electrons. The van der Waals surface area contributed by atoms with Crippen LogP contribution in [0.1, 0.15) is 0 Å². The molecule has 2 aromatic rings. The van der Waals surface area contributed by atoms with E-state index >= 15 is 0 Å². The molecule has 1 aromatic carbocycles. The Kier molecular flexibility index (Phi) is 4.12. The average molecular weight is 414 g/mol. The van der Waals surface area contributed by atoms with Crippen molar-refractivity contribution in [2.45, 2.75) is 12.1 Å².